The van der Waals surface area contributed by atoms with E-state index < -0.39 is 0 Å². The van der Waals surface area contributed by atoms with E-state index in [9.17, 15) is 4.79 Å². The zero-order valence-corrected chi connectivity index (χ0v) is 12.5. The van der Waals surface area contributed by atoms with E-state index in [1.165, 1.54) is 5.56 Å². The van der Waals surface area contributed by atoms with Crippen LogP contribution in [0.15, 0.2) is 24.3 Å². The summed E-state index contributed by atoms with van der Waals surface area (Å²) < 4.78 is 0. The first kappa shape index (κ1) is 16.1. The Morgan fingerprint density at radius 3 is 2.63 bits per heavy atom. The number of aliphatic hydroxyl groups is 1. The lowest BCUT2D eigenvalue weighted by molar-refractivity contribution is 0.0952. The molecule has 1 atom stereocenters. The number of rotatable bonds is 8. The van der Waals surface area contributed by atoms with E-state index in [0.717, 1.165) is 18.6 Å². The van der Waals surface area contributed by atoms with Crippen LogP contribution in [-0.4, -0.2) is 30.4 Å². The summed E-state index contributed by atoms with van der Waals surface area (Å²) >= 11 is 1.77. The lowest BCUT2D eigenvalue weighted by atomic mass is 10.1. The Morgan fingerprint density at radius 1 is 1.37 bits per heavy atom. The summed E-state index contributed by atoms with van der Waals surface area (Å²) in [5.41, 5.74) is 1.95. The van der Waals surface area contributed by atoms with Crippen LogP contribution in [0.4, 0.5) is 0 Å². The summed E-state index contributed by atoms with van der Waals surface area (Å²) in [7, 11) is 0. The highest BCUT2D eigenvalue weighted by Gasteiger charge is 2.05. The van der Waals surface area contributed by atoms with Gasteiger partial charge in [0.05, 0.1) is 0 Å². The van der Waals surface area contributed by atoms with Gasteiger partial charge in [0.2, 0.25) is 0 Å². The van der Waals surface area contributed by atoms with Gasteiger partial charge < -0.3 is 10.4 Å². The van der Waals surface area contributed by atoms with Crippen LogP contribution < -0.4 is 5.32 Å². The molecule has 1 amide bonds. The van der Waals surface area contributed by atoms with Gasteiger partial charge in [0.1, 0.15) is 0 Å². The minimum absolute atomic E-state index is 0.0210. The number of carbonyl (C=O) groups excluding carboxylic acids is 1. The third-order valence-electron chi connectivity index (χ3n) is 3.00. The Morgan fingerprint density at radius 2 is 2.05 bits per heavy atom. The average Bonchev–Trinajstić information content (AvgIpc) is 2.44. The topological polar surface area (TPSA) is 49.3 Å². The fraction of sp³-hybridized carbons (Fsp3) is 0.533. The second-order valence-corrected chi connectivity index (χ2v) is 5.68. The SMILES string of the molecule is CSCc1ccc(C(=O)NCCCC(C)CO)cc1. The lowest BCUT2D eigenvalue weighted by Crippen LogP contribution is -2.24. The van der Waals surface area contributed by atoms with Gasteiger partial charge in [0.25, 0.3) is 5.91 Å². The third kappa shape index (κ3) is 6.12. The summed E-state index contributed by atoms with van der Waals surface area (Å²) in [5.74, 6) is 1.26. The monoisotopic (exact) mass is 281 g/mol. The fourth-order valence-corrected chi connectivity index (χ4v) is 2.29. The van der Waals surface area contributed by atoms with Crippen LogP contribution in [0.3, 0.4) is 0 Å². The summed E-state index contributed by atoms with van der Waals surface area (Å²) in [6, 6.07) is 7.74. The van der Waals surface area contributed by atoms with Crippen LogP contribution >= 0.6 is 11.8 Å². The molecule has 106 valence electrons. The Bertz CT molecular complexity index is 378. The molecule has 0 heterocycles. The molecular formula is C15H23NO2S. The Balaban J connectivity index is 2.33. The van der Waals surface area contributed by atoms with Gasteiger partial charge in [0, 0.05) is 24.5 Å². The molecule has 0 bridgehead atoms. The van der Waals surface area contributed by atoms with Gasteiger partial charge in [-0.1, -0.05) is 19.1 Å². The summed E-state index contributed by atoms with van der Waals surface area (Å²) in [4.78, 5) is 11.9. The Kier molecular flexibility index (Phi) is 7.60. The van der Waals surface area contributed by atoms with Gasteiger partial charge in [-0.2, -0.15) is 11.8 Å². The van der Waals surface area contributed by atoms with Gasteiger partial charge in [0.15, 0.2) is 0 Å². The summed E-state index contributed by atoms with van der Waals surface area (Å²) in [6.07, 6.45) is 3.90. The number of nitrogens with one attached hydrogen (secondary N) is 1. The van der Waals surface area contributed by atoms with E-state index in [-0.39, 0.29) is 12.5 Å². The molecule has 1 aromatic carbocycles. The number of benzene rings is 1. The number of thioether (sulfide) groups is 1. The summed E-state index contributed by atoms with van der Waals surface area (Å²) in [6.45, 7) is 2.88. The first-order valence-electron chi connectivity index (χ1n) is 6.64. The number of amides is 1. The first-order valence-corrected chi connectivity index (χ1v) is 8.03. The van der Waals surface area contributed by atoms with Crippen molar-refractivity contribution in [1.82, 2.24) is 5.32 Å². The molecule has 2 N–H and O–H groups in total. The molecule has 3 nitrogen and oxygen atoms in total. The maximum atomic E-state index is 11.9. The van der Waals surface area contributed by atoms with Crippen LogP contribution in [0.2, 0.25) is 0 Å². The molecule has 1 rings (SSSR count). The van der Waals surface area contributed by atoms with E-state index in [0.29, 0.717) is 18.0 Å². The number of hydrogen-bond acceptors (Lipinski definition) is 3. The van der Waals surface area contributed by atoms with Gasteiger partial charge in [-0.25, -0.2) is 0 Å². The minimum atomic E-state index is -0.0210. The minimum Gasteiger partial charge on any atom is -0.396 e. The normalized spacial score (nSPS) is 12.2. The van der Waals surface area contributed by atoms with Gasteiger partial charge in [-0.05, 0) is 42.7 Å². The number of carbonyl (C=O) groups is 1. The van der Waals surface area contributed by atoms with Crippen molar-refractivity contribution in [3.05, 3.63) is 35.4 Å². The predicted molar refractivity (Wildman–Crippen MR) is 81.5 cm³/mol. The van der Waals surface area contributed by atoms with E-state index >= 15 is 0 Å². The molecule has 0 spiro atoms. The molecule has 0 radical (unpaired) electrons. The quantitative estimate of drug-likeness (QED) is 0.720. The maximum Gasteiger partial charge on any atom is 0.251 e. The second-order valence-electron chi connectivity index (χ2n) is 4.82. The van der Waals surface area contributed by atoms with E-state index in [4.69, 9.17) is 5.11 Å². The Hall–Kier alpha value is -1.00. The van der Waals surface area contributed by atoms with Crippen LogP contribution in [0.1, 0.15) is 35.7 Å². The first-order chi connectivity index (χ1) is 9.17. The maximum absolute atomic E-state index is 11.9. The molecular weight excluding hydrogens is 258 g/mol. The predicted octanol–water partition coefficient (Wildman–Crippen LogP) is 2.69. The largest absolute Gasteiger partial charge is 0.396 e. The van der Waals surface area contributed by atoms with Crippen molar-refractivity contribution in [3.63, 3.8) is 0 Å². The molecule has 0 saturated heterocycles. The van der Waals surface area contributed by atoms with Gasteiger partial charge in [-0.15, -0.1) is 0 Å². The van der Waals surface area contributed by atoms with Crippen LogP contribution in [-0.2, 0) is 5.75 Å². The van der Waals surface area contributed by atoms with Crippen molar-refractivity contribution in [2.24, 2.45) is 5.92 Å². The van der Waals surface area contributed by atoms with Crippen molar-refractivity contribution in [2.75, 3.05) is 19.4 Å². The van der Waals surface area contributed by atoms with Crippen molar-refractivity contribution >= 4 is 17.7 Å². The molecule has 0 aliphatic rings. The average molecular weight is 281 g/mol. The zero-order valence-electron chi connectivity index (χ0n) is 11.7. The van der Waals surface area contributed by atoms with Crippen molar-refractivity contribution < 1.29 is 9.90 Å². The second kappa shape index (κ2) is 8.99. The van der Waals surface area contributed by atoms with E-state index in [1.54, 1.807) is 11.8 Å². The highest BCUT2D eigenvalue weighted by atomic mass is 32.2. The third-order valence-corrected chi connectivity index (χ3v) is 3.62. The highest BCUT2D eigenvalue weighted by Crippen LogP contribution is 2.10. The smallest absolute Gasteiger partial charge is 0.251 e. The van der Waals surface area contributed by atoms with Crippen molar-refractivity contribution in [2.45, 2.75) is 25.5 Å². The van der Waals surface area contributed by atoms with Gasteiger partial charge in [-0.3, -0.25) is 4.79 Å². The van der Waals surface area contributed by atoms with Crippen molar-refractivity contribution in [3.8, 4) is 0 Å². The molecule has 4 heteroatoms. The van der Waals surface area contributed by atoms with Crippen LogP contribution in [0.5, 0.6) is 0 Å². The molecule has 0 fully saturated rings. The molecule has 0 aliphatic carbocycles. The summed E-state index contributed by atoms with van der Waals surface area (Å²) in [5, 5.41) is 11.8. The van der Waals surface area contributed by atoms with Gasteiger partial charge >= 0.3 is 0 Å². The fourth-order valence-electron chi connectivity index (χ4n) is 1.76. The van der Waals surface area contributed by atoms with Crippen molar-refractivity contribution in [1.29, 1.82) is 0 Å². The molecule has 1 aromatic rings. The molecule has 0 aromatic heterocycles. The molecule has 0 saturated carbocycles. The van der Waals surface area contributed by atoms with E-state index in [2.05, 4.69) is 11.6 Å². The highest BCUT2D eigenvalue weighted by molar-refractivity contribution is 7.97. The zero-order chi connectivity index (χ0) is 14.1. The molecule has 0 aliphatic heterocycles. The standard InChI is InChI=1S/C15H23NO2S/c1-12(10-17)4-3-9-16-15(18)14-7-5-13(6-8-14)11-19-2/h5-8,12,17H,3-4,9-11H2,1-2H3,(H,16,18). The Labute approximate surface area is 119 Å². The molecule has 1 unspecified atom stereocenters. The van der Waals surface area contributed by atoms with Crippen LogP contribution in [0.25, 0.3) is 0 Å². The number of hydrogen-bond donors (Lipinski definition) is 2. The van der Waals surface area contributed by atoms with Crippen LogP contribution in [0, 0.1) is 5.92 Å². The lowest BCUT2D eigenvalue weighted by Gasteiger charge is -2.08. The number of aliphatic hydroxyl groups excluding tert-OH is 1. The molecule has 19 heavy (non-hydrogen) atoms. The van der Waals surface area contributed by atoms with E-state index in [1.807, 2.05) is 31.2 Å².